The van der Waals surface area contributed by atoms with E-state index in [1.165, 1.54) is 0 Å². The Kier molecular flexibility index (Phi) is 3.14. The summed E-state index contributed by atoms with van der Waals surface area (Å²) >= 11 is 0. The summed E-state index contributed by atoms with van der Waals surface area (Å²) in [7, 11) is 1.68. The molecular formula is C11H17NO4. The maximum atomic E-state index is 11.8. The van der Waals surface area contributed by atoms with Crippen molar-refractivity contribution >= 4 is 11.9 Å². The number of carboxylic acid groups (broad SMARTS) is 1. The molecule has 2 unspecified atom stereocenters. The molecule has 5 heteroatoms. The SMILES string of the molecule is CN(C(=O)CC1CC1)C1COCC1C(=O)O. The minimum absolute atomic E-state index is 0.0456. The van der Waals surface area contributed by atoms with Crippen molar-refractivity contribution in [2.45, 2.75) is 25.3 Å². The van der Waals surface area contributed by atoms with Gasteiger partial charge in [0.1, 0.15) is 5.92 Å². The third kappa shape index (κ3) is 2.35. The van der Waals surface area contributed by atoms with Crippen LogP contribution in [0.1, 0.15) is 19.3 Å². The quantitative estimate of drug-likeness (QED) is 0.752. The van der Waals surface area contributed by atoms with Gasteiger partial charge in [-0.25, -0.2) is 0 Å². The van der Waals surface area contributed by atoms with Crippen molar-refractivity contribution in [1.29, 1.82) is 0 Å². The van der Waals surface area contributed by atoms with Crippen molar-refractivity contribution < 1.29 is 19.4 Å². The fraction of sp³-hybridized carbons (Fsp3) is 0.818. The van der Waals surface area contributed by atoms with Gasteiger partial charge in [0.15, 0.2) is 0 Å². The molecule has 1 aliphatic carbocycles. The second-order valence-corrected chi connectivity index (χ2v) is 4.70. The van der Waals surface area contributed by atoms with Crippen LogP contribution in [0.5, 0.6) is 0 Å². The van der Waals surface area contributed by atoms with Crippen molar-refractivity contribution in [1.82, 2.24) is 4.90 Å². The van der Waals surface area contributed by atoms with Crippen molar-refractivity contribution in [3.8, 4) is 0 Å². The Balaban J connectivity index is 1.93. The third-order valence-corrected chi connectivity index (χ3v) is 3.42. The highest BCUT2D eigenvalue weighted by Crippen LogP contribution is 2.33. The first-order valence-electron chi connectivity index (χ1n) is 5.66. The number of ether oxygens (including phenoxy) is 1. The molecule has 1 saturated heterocycles. The van der Waals surface area contributed by atoms with Crippen LogP contribution in [0.25, 0.3) is 0 Å². The highest BCUT2D eigenvalue weighted by Gasteiger charge is 2.39. The zero-order chi connectivity index (χ0) is 11.7. The number of aliphatic carboxylic acids is 1. The minimum atomic E-state index is -0.881. The van der Waals surface area contributed by atoms with Crippen molar-refractivity contribution in [2.75, 3.05) is 20.3 Å². The van der Waals surface area contributed by atoms with E-state index in [4.69, 9.17) is 9.84 Å². The van der Waals surface area contributed by atoms with Crippen LogP contribution in [0.2, 0.25) is 0 Å². The highest BCUT2D eigenvalue weighted by atomic mass is 16.5. The molecule has 2 atom stereocenters. The Hall–Kier alpha value is -1.10. The zero-order valence-electron chi connectivity index (χ0n) is 9.39. The number of carbonyl (C=O) groups is 2. The van der Waals surface area contributed by atoms with Gasteiger partial charge >= 0.3 is 5.97 Å². The molecule has 1 aliphatic heterocycles. The first-order chi connectivity index (χ1) is 7.59. The minimum Gasteiger partial charge on any atom is -0.481 e. The molecule has 0 aromatic carbocycles. The maximum absolute atomic E-state index is 11.8. The average molecular weight is 227 g/mol. The van der Waals surface area contributed by atoms with E-state index in [1.807, 2.05) is 0 Å². The number of nitrogens with zero attached hydrogens (tertiary/aromatic N) is 1. The Morgan fingerprint density at radius 2 is 2.06 bits per heavy atom. The van der Waals surface area contributed by atoms with Crippen LogP contribution in [0.15, 0.2) is 0 Å². The van der Waals surface area contributed by atoms with Crippen molar-refractivity contribution in [3.63, 3.8) is 0 Å². The van der Waals surface area contributed by atoms with Gasteiger partial charge in [0.25, 0.3) is 0 Å². The lowest BCUT2D eigenvalue weighted by Crippen LogP contribution is -2.44. The molecule has 2 aliphatic rings. The molecule has 2 rings (SSSR count). The molecule has 0 bridgehead atoms. The molecule has 1 heterocycles. The number of hydrogen-bond donors (Lipinski definition) is 1. The summed E-state index contributed by atoms with van der Waals surface area (Å²) in [6, 6.07) is -0.302. The summed E-state index contributed by atoms with van der Waals surface area (Å²) < 4.78 is 5.15. The van der Waals surface area contributed by atoms with Gasteiger partial charge < -0.3 is 14.7 Å². The second kappa shape index (κ2) is 4.41. The van der Waals surface area contributed by atoms with Gasteiger partial charge in [0.05, 0.1) is 19.3 Å². The molecule has 0 aromatic rings. The van der Waals surface area contributed by atoms with Gasteiger partial charge in [0, 0.05) is 13.5 Å². The molecule has 1 amide bonds. The lowest BCUT2D eigenvalue weighted by molar-refractivity contribution is -0.144. The van der Waals surface area contributed by atoms with E-state index in [-0.39, 0.29) is 18.6 Å². The third-order valence-electron chi connectivity index (χ3n) is 3.42. The molecule has 90 valence electrons. The van der Waals surface area contributed by atoms with E-state index in [0.29, 0.717) is 18.9 Å². The Bertz CT molecular complexity index is 300. The molecule has 0 aromatic heterocycles. The van der Waals surface area contributed by atoms with Gasteiger partial charge in [-0.3, -0.25) is 9.59 Å². The van der Waals surface area contributed by atoms with Gasteiger partial charge in [0.2, 0.25) is 5.91 Å². The molecule has 2 fully saturated rings. The van der Waals surface area contributed by atoms with Crippen LogP contribution in [0.3, 0.4) is 0 Å². The Morgan fingerprint density at radius 3 is 2.62 bits per heavy atom. The van der Waals surface area contributed by atoms with E-state index >= 15 is 0 Å². The first kappa shape index (κ1) is 11.4. The molecule has 0 radical (unpaired) electrons. The summed E-state index contributed by atoms with van der Waals surface area (Å²) in [5.41, 5.74) is 0. The number of carbonyl (C=O) groups excluding carboxylic acids is 1. The van der Waals surface area contributed by atoms with Gasteiger partial charge in [-0.05, 0) is 18.8 Å². The number of amides is 1. The molecule has 1 N–H and O–H groups in total. The zero-order valence-corrected chi connectivity index (χ0v) is 9.39. The predicted molar refractivity (Wildman–Crippen MR) is 55.8 cm³/mol. The van der Waals surface area contributed by atoms with Crippen molar-refractivity contribution in [3.05, 3.63) is 0 Å². The monoisotopic (exact) mass is 227 g/mol. The summed E-state index contributed by atoms with van der Waals surface area (Å²) in [6.07, 6.45) is 2.81. The smallest absolute Gasteiger partial charge is 0.311 e. The fourth-order valence-corrected chi connectivity index (χ4v) is 2.06. The van der Waals surface area contributed by atoms with E-state index in [0.717, 1.165) is 12.8 Å². The van der Waals surface area contributed by atoms with Crippen LogP contribution >= 0.6 is 0 Å². The predicted octanol–water partition coefficient (Wildman–Crippen LogP) is 0.344. The number of hydrogen-bond acceptors (Lipinski definition) is 3. The Labute approximate surface area is 94.4 Å². The van der Waals surface area contributed by atoms with E-state index in [2.05, 4.69) is 0 Å². The second-order valence-electron chi connectivity index (χ2n) is 4.70. The fourth-order valence-electron chi connectivity index (χ4n) is 2.06. The van der Waals surface area contributed by atoms with Gasteiger partial charge in [-0.1, -0.05) is 0 Å². The summed E-state index contributed by atoms with van der Waals surface area (Å²) in [6.45, 7) is 0.547. The van der Waals surface area contributed by atoms with Gasteiger partial charge in [-0.2, -0.15) is 0 Å². The van der Waals surface area contributed by atoms with Crippen LogP contribution in [0, 0.1) is 11.8 Å². The Morgan fingerprint density at radius 1 is 1.38 bits per heavy atom. The normalized spacial score (nSPS) is 29.1. The number of likely N-dealkylation sites (N-methyl/N-ethyl adjacent to an activating group) is 1. The molecular weight excluding hydrogens is 210 g/mol. The van der Waals surface area contributed by atoms with Gasteiger partial charge in [-0.15, -0.1) is 0 Å². The maximum Gasteiger partial charge on any atom is 0.311 e. The average Bonchev–Trinajstić information content (AvgIpc) is 2.91. The van der Waals surface area contributed by atoms with Crippen molar-refractivity contribution in [2.24, 2.45) is 11.8 Å². The van der Waals surface area contributed by atoms with E-state index in [9.17, 15) is 9.59 Å². The molecule has 1 saturated carbocycles. The molecule has 16 heavy (non-hydrogen) atoms. The van der Waals surface area contributed by atoms with E-state index < -0.39 is 11.9 Å². The molecule has 0 spiro atoms. The van der Waals surface area contributed by atoms with Crippen LogP contribution in [-0.4, -0.2) is 48.2 Å². The number of carboxylic acids is 1. The lowest BCUT2D eigenvalue weighted by Gasteiger charge is -2.26. The summed E-state index contributed by atoms with van der Waals surface area (Å²) in [5, 5.41) is 8.99. The summed E-state index contributed by atoms with van der Waals surface area (Å²) in [4.78, 5) is 24.3. The highest BCUT2D eigenvalue weighted by molar-refractivity contribution is 5.78. The number of rotatable bonds is 4. The summed E-state index contributed by atoms with van der Waals surface area (Å²) in [5.74, 6) is -0.883. The lowest BCUT2D eigenvalue weighted by atomic mass is 10.0. The van der Waals surface area contributed by atoms with Crippen LogP contribution < -0.4 is 0 Å². The van der Waals surface area contributed by atoms with Crippen LogP contribution in [-0.2, 0) is 14.3 Å². The standard InChI is InChI=1S/C11H17NO4/c1-12(10(13)4-7-2-3-7)9-6-16-5-8(9)11(14)15/h7-9H,2-6H2,1H3,(H,14,15). The first-order valence-corrected chi connectivity index (χ1v) is 5.66. The van der Waals surface area contributed by atoms with E-state index in [1.54, 1.807) is 11.9 Å². The topological polar surface area (TPSA) is 66.8 Å². The van der Waals surface area contributed by atoms with Crippen LogP contribution in [0.4, 0.5) is 0 Å². The largest absolute Gasteiger partial charge is 0.481 e. The molecule has 5 nitrogen and oxygen atoms in total.